The molecule has 1 aromatic heterocycles. The Balaban J connectivity index is 1.84. The van der Waals surface area contributed by atoms with E-state index in [1.807, 2.05) is 48.5 Å². The molecule has 0 aliphatic carbocycles. The highest BCUT2D eigenvalue weighted by Gasteiger charge is 2.44. The van der Waals surface area contributed by atoms with E-state index in [1.54, 1.807) is 7.11 Å². The summed E-state index contributed by atoms with van der Waals surface area (Å²) in [4.78, 5) is 4.90. The molecule has 2 atom stereocenters. The minimum absolute atomic E-state index is 0.424. The molecule has 0 saturated carbocycles. The molecule has 0 saturated heterocycles. The van der Waals surface area contributed by atoms with Gasteiger partial charge in [0.25, 0.3) is 0 Å². The molecule has 0 aliphatic rings. The summed E-state index contributed by atoms with van der Waals surface area (Å²) in [7, 11) is 8.14. The van der Waals surface area contributed by atoms with Crippen molar-refractivity contribution in [2.75, 3.05) is 34.8 Å². The van der Waals surface area contributed by atoms with Gasteiger partial charge in [-0.2, -0.15) is 0 Å². The quantitative estimate of drug-likeness (QED) is 0.200. The molecule has 5 aromatic rings. The van der Waals surface area contributed by atoms with Crippen LogP contribution in [-0.2, 0) is 5.60 Å². The molecule has 4 nitrogen and oxygen atoms in total. The topological polar surface area (TPSA) is 42.4 Å². The fourth-order valence-electron chi connectivity index (χ4n) is 5.42. The van der Waals surface area contributed by atoms with Crippen LogP contribution in [0.3, 0.4) is 0 Å². The number of aromatic nitrogens is 1. The van der Waals surface area contributed by atoms with Gasteiger partial charge in [-0.25, -0.2) is 4.98 Å². The van der Waals surface area contributed by atoms with Gasteiger partial charge in [0.15, 0.2) is 0 Å². The first-order valence-electron chi connectivity index (χ1n) is 12.9. The predicted octanol–water partition coefficient (Wildman–Crippen LogP) is 7.28. The van der Waals surface area contributed by atoms with Crippen LogP contribution in [0.2, 0.25) is 0 Å². The van der Waals surface area contributed by atoms with E-state index in [0.717, 1.165) is 53.9 Å². The number of pyridine rings is 1. The molecule has 0 fully saturated rings. The van der Waals surface area contributed by atoms with Gasteiger partial charge < -0.3 is 14.3 Å². The first-order chi connectivity index (χ1) is 18.2. The van der Waals surface area contributed by atoms with E-state index in [2.05, 4.69) is 85.6 Å². The van der Waals surface area contributed by atoms with Crippen molar-refractivity contribution >= 4 is 37.6 Å². The molecule has 5 heteroatoms. The zero-order chi connectivity index (χ0) is 26.9. The molecule has 0 aliphatic heterocycles. The predicted molar refractivity (Wildman–Crippen MR) is 160 cm³/mol. The first-order valence-corrected chi connectivity index (χ1v) is 13.7. The molecular weight excluding hydrogens is 536 g/mol. The number of halogens is 1. The molecule has 1 heterocycles. The van der Waals surface area contributed by atoms with Crippen molar-refractivity contribution in [2.24, 2.45) is 0 Å². The fourth-order valence-corrected chi connectivity index (χ4v) is 5.80. The smallest absolute Gasteiger partial charge is 0.217 e. The molecule has 2 unspecified atom stereocenters. The summed E-state index contributed by atoms with van der Waals surface area (Å²) in [6.07, 6.45) is 0.545. The molecule has 1 N–H and O–H groups in total. The minimum atomic E-state index is -1.25. The summed E-state index contributed by atoms with van der Waals surface area (Å²) in [5.74, 6) is 0.101. The van der Waals surface area contributed by atoms with Gasteiger partial charge in [-0.1, -0.05) is 88.7 Å². The summed E-state index contributed by atoms with van der Waals surface area (Å²) in [5, 5.41) is 16.3. The molecule has 5 rings (SSSR count). The molecule has 0 spiro atoms. The van der Waals surface area contributed by atoms with Crippen LogP contribution in [0.5, 0.6) is 5.88 Å². The summed E-state index contributed by atoms with van der Waals surface area (Å²) < 4.78 is 7.62. The third-order valence-electron chi connectivity index (χ3n) is 7.30. The van der Waals surface area contributed by atoms with E-state index in [1.165, 1.54) is 0 Å². The average Bonchev–Trinajstić information content (AvgIpc) is 2.91. The molecule has 4 aromatic carbocycles. The third-order valence-corrected chi connectivity index (χ3v) is 7.80. The second-order valence-electron chi connectivity index (χ2n) is 11.0. The van der Waals surface area contributed by atoms with E-state index in [9.17, 15) is 5.11 Å². The number of hydrogen-bond acceptors (Lipinski definition) is 3. The Hall–Kier alpha value is -3.25. The zero-order valence-electron chi connectivity index (χ0n) is 22.4. The van der Waals surface area contributed by atoms with Crippen molar-refractivity contribution in [3.05, 3.63) is 118 Å². The molecule has 0 radical (unpaired) electrons. The molecule has 194 valence electrons. The van der Waals surface area contributed by atoms with Gasteiger partial charge in [0.1, 0.15) is 5.60 Å². The van der Waals surface area contributed by atoms with Gasteiger partial charge in [0.05, 0.1) is 40.3 Å². The fraction of sp³-hybridized carbons (Fsp3) is 0.242. The van der Waals surface area contributed by atoms with Crippen molar-refractivity contribution in [3.63, 3.8) is 0 Å². The number of aliphatic hydroxyl groups is 1. The summed E-state index contributed by atoms with van der Waals surface area (Å²) in [6, 6.07) is 32.9. The maximum atomic E-state index is 13.2. The lowest BCUT2D eigenvalue weighted by atomic mass is 9.70. The number of quaternary nitrogens is 1. The number of ether oxygens (including phenoxy) is 1. The van der Waals surface area contributed by atoms with Crippen molar-refractivity contribution in [3.8, 4) is 5.88 Å². The van der Waals surface area contributed by atoms with Crippen molar-refractivity contribution in [1.29, 1.82) is 0 Å². The molecule has 38 heavy (non-hydrogen) atoms. The Bertz CT molecular complexity index is 1570. The number of fused-ring (bicyclic) bond motifs is 2. The van der Waals surface area contributed by atoms with E-state index in [0.29, 0.717) is 12.3 Å². The Kier molecular flexibility index (Phi) is 7.28. The number of rotatable bonds is 8. The maximum absolute atomic E-state index is 13.2. The van der Waals surface area contributed by atoms with Gasteiger partial charge in [0, 0.05) is 27.8 Å². The molecule has 0 amide bonds. The van der Waals surface area contributed by atoms with E-state index in [4.69, 9.17) is 9.72 Å². The normalized spacial score (nSPS) is 14.4. The Morgan fingerprint density at radius 1 is 0.868 bits per heavy atom. The second kappa shape index (κ2) is 10.5. The lowest BCUT2D eigenvalue weighted by molar-refractivity contribution is -0.871. The summed E-state index contributed by atoms with van der Waals surface area (Å²) in [6.45, 7) is 0.776. The van der Waals surface area contributed by atoms with Gasteiger partial charge in [-0.3, -0.25) is 0 Å². The van der Waals surface area contributed by atoms with Crippen molar-refractivity contribution in [1.82, 2.24) is 4.98 Å². The van der Waals surface area contributed by atoms with Gasteiger partial charge in [0.2, 0.25) is 5.88 Å². The van der Waals surface area contributed by atoms with E-state index < -0.39 is 11.5 Å². The Morgan fingerprint density at radius 3 is 2.32 bits per heavy atom. The van der Waals surface area contributed by atoms with Crippen LogP contribution in [0.25, 0.3) is 21.7 Å². The zero-order valence-corrected chi connectivity index (χ0v) is 23.9. The monoisotopic (exact) mass is 569 g/mol. The van der Waals surface area contributed by atoms with Crippen LogP contribution in [-0.4, -0.2) is 49.4 Å². The highest BCUT2D eigenvalue weighted by molar-refractivity contribution is 9.10. The Labute approximate surface area is 233 Å². The lowest BCUT2D eigenvalue weighted by Crippen LogP contribution is -2.43. The number of methoxy groups -OCH3 is 1. The van der Waals surface area contributed by atoms with Crippen LogP contribution in [0, 0.1) is 0 Å². The van der Waals surface area contributed by atoms with E-state index >= 15 is 0 Å². The van der Waals surface area contributed by atoms with Crippen LogP contribution < -0.4 is 4.74 Å². The number of hydrogen-bond donors (Lipinski definition) is 1. The molecular formula is C33H34BrN2O2+. The van der Waals surface area contributed by atoms with E-state index in [-0.39, 0.29) is 0 Å². The van der Waals surface area contributed by atoms with Crippen LogP contribution >= 0.6 is 15.9 Å². The van der Waals surface area contributed by atoms with Crippen molar-refractivity contribution < 1.29 is 14.3 Å². The first kappa shape index (κ1) is 26.4. The summed E-state index contributed by atoms with van der Waals surface area (Å²) in [5.41, 5.74) is 2.39. The largest absolute Gasteiger partial charge is 0.481 e. The SMILES string of the molecule is COc1nc2ccc(Br)cc2cc1C(c1ccccc1)C(O)(CC[N+](C)(C)C)c1cccc2ccccc12. The standard InChI is InChI=1S/C33H34BrN2O2/c1-36(2,3)20-19-33(37,29-16-10-14-23-11-8-9-15-27(23)29)31(24-12-6-5-7-13-24)28-22-25-21-26(34)17-18-30(25)35-32(28)38-4/h5-18,21-22,31,37H,19-20H2,1-4H3/q+1. The van der Waals surface area contributed by atoms with Crippen molar-refractivity contribution in [2.45, 2.75) is 17.9 Å². The maximum Gasteiger partial charge on any atom is 0.217 e. The Morgan fingerprint density at radius 2 is 1.58 bits per heavy atom. The van der Waals surface area contributed by atoms with Crippen LogP contribution in [0.4, 0.5) is 0 Å². The summed E-state index contributed by atoms with van der Waals surface area (Å²) >= 11 is 3.61. The van der Waals surface area contributed by atoms with Crippen LogP contribution in [0.15, 0.2) is 102 Å². The number of nitrogens with zero attached hydrogens (tertiary/aromatic N) is 2. The average molecular weight is 571 g/mol. The minimum Gasteiger partial charge on any atom is -0.481 e. The number of benzene rings is 4. The van der Waals surface area contributed by atoms with Crippen LogP contribution in [0.1, 0.15) is 29.0 Å². The third kappa shape index (κ3) is 5.19. The molecule has 0 bridgehead atoms. The second-order valence-corrected chi connectivity index (χ2v) is 11.9. The van der Waals surface area contributed by atoms with Gasteiger partial charge in [-0.05, 0) is 46.2 Å². The van der Waals surface area contributed by atoms with Gasteiger partial charge in [-0.15, -0.1) is 0 Å². The van der Waals surface area contributed by atoms with Gasteiger partial charge >= 0.3 is 0 Å². The highest BCUT2D eigenvalue weighted by Crippen LogP contribution is 2.49. The highest BCUT2D eigenvalue weighted by atomic mass is 79.9. The lowest BCUT2D eigenvalue weighted by Gasteiger charge is -2.40.